The molecule has 1 aromatic rings. The van der Waals surface area contributed by atoms with Crippen LogP contribution in [-0.4, -0.2) is 33.1 Å². The molecule has 1 atom stereocenters. The average Bonchev–Trinajstić information content (AvgIpc) is 2.61. The summed E-state index contributed by atoms with van der Waals surface area (Å²) >= 11 is 0. The van der Waals surface area contributed by atoms with Crippen molar-refractivity contribution in [2.24, 2.45) is 11.7 Å². The van der Waals surface area contributed by atoms with Crippen molar-refractivity contribution in [2.75, 3.05) is 0 Å². The summed E-state index contributed by atoms with van der Waals surface area (Å²) in [7, 11) is 0. The summed E-state index contributed by atoms with van der Waals surface area (Å²) in [6.45, 7) is 4.98. The van der Waals surface area contributed by atoms with Gasteiger partial charge in [0.2, 0.25) is 5.91 Å². The Morgan fingerprint density at radius 2 is 2.00 bits per heavy atom. The van der Waals surface area contributed by atoms with Gasteiger partial charge < -0.3 is 5.73 Å². The second kappa shape index (κ2) is 4.15. The van der Waals surface area contributed by atoms with E-state index in [-0.39, 0.29) is 17.2 Å². The van der Waals surface area contributed by atoms with Crippen LogP contribution >= 0.6 is 0 Å². The Bertz CT molecular complexity index is 547. The average molecular weight is 261 g/mol. The van der Waals surface area contributed by atoms with Crippen molar-refractivity contribution in [2.45, 2.75) is 26.3 Å². The third-order valence-corrected chi connectivity index (χ3v) is 3.73. The molecule has 0 fully saturated rings. The van der Waals surface area contributed by atoms with E-state index in [1.54, 1.807) is 19.9 Å². The minimum absolute atomic E-state index is 0.0700. The number of carbonyl (C=O) groups is 3. The summed E-state index contributed by atoms with van der Waals surface area (Å²) < 4.78 is 0. The molecular weight excluding hydrogens is 246 g/mol. The van der Waals surface area contributed by atoms with Gasteiger partial charge in [-0.05, 0) is 25.0 Å². The maximum atomic E-state index is 12.3. The fourth-order valence-electron chi connectivity index (χ4n) is 2.14. The first-order chi connectivity index (χ1) is 8.81. The van der Waals surface area contributed by atoms with Crippen molar-refractivity contribution >= 4 is 17.7 Å². The number of imide groups is 1. The molecule has 0 aromatic carbocycles. The van der Waals surface area contributed by atoms with E-state index in [1.807, 2.05) is 0 Å². The lowest BCUT2D eigenvalue weighted by Crippen LogP contribution is -2.60. The highest BCUT2D eigenvalue weighted by Gasteiger charge is 2.52. The zero-order chi connectivity index (χ0) is 14.4. The summed E-state index contributed by atoms with van der Waals surface area (Å²) in [5.41, 5.74) is 4.32. The van der Waals surface area contributed by atoms with Gasteiger partial charge in [-0.25, -0.2) is 0 Å². The van der Waals surface area contributed by atoms with E-state index < -0.39 is 23.3 Å². The first kappa shape index (κ1) is 13.2. The number of aromatic nitrogens is 1. The highest BCUT2D eigenvalue weighted by Crippen LogP contribution is 2.32. The molecular formula is C13H15N3O3. The topological polar surface area (TPSA) is 93.4 Å². The quantitative estimate of drug-likeness (QED) is 0.805. The first-order valence-corrected chi connectivity index (χ1v) is 5.95. The second-order valence-corrected chi connectivity index (χ2v) is 5.01. The minimum atomic E-state index is -1.37. The molecule has 0 bridgehead atoms. The van der Waals surface area contributed by atoms with E-state index in [1.165, 1.54) is 19.2 Å². The molecule has 6 heteroatoms. The van der Waals surface area contributed by atoms with E-state index in [0.717, 1.165) is 4.90 Å². The number of rotatable bonds is 3. The van der Waals surface area contributed by atoms with Crippen molar-refractivity contribution in [1.29, 1.82) is 0 Å². The van der Waals surface area contributed by atoms with Crippen molar-refractivity contribution in [3.63, 3.8) is 0 Å². The fraction of sp³-hybridized carbons (Fsp3) is 0.385. The third kappa shape index (κ3) is 1.63. The van der Waals surface area contributed by atoms with Crippen molar-refractivity contribution < 1.29 is 14.4 Å². The normalized spacial score (nSPS) is 17.6. The standard InChI is InChI=1S/C13H15N3O3/c1-7(2)13(3,12(14)19)16-10(17)8-5-4-6-15-9(8)11(16)18/h4-7H,1-3H3,(H2,14,19). The molecule has 2 N–H and O–H groups in total. The third-order valence-electron chi connectivity index (χ3n) is 3.73. The van der Waals surface area contributed by atoms with Gasteiger partial charge in [-0.3, -0.25) is 24.3 Å². The largest absolute Gasteiger partial charge is 0.368 e. The minimum Gasteiger partial charge on any atom is -0.368 e. The zero-order valence-corrected chi connectivity index (χ0v) is 11.0. The number of amides is 3. The van der Waals surface area contributed by atoms with Crippen LogP contribution in [0.3, 0.4) is 0 Å². The summed E-state index contributed by atoms with van der Waals surface area (Å²) in [5, 5.41) is 0. The molecule has 0 radical (unpaired) electrons. The monoisotopic (exact) mass is 261 g/mol. The predicted molar refractivity (Wildman–Crippen MR) is 67.2 cm³/mol. The van der Waals surface area contributed by atoms with Crippen LogP contribution in [0.5, 0.6) is 0 Å². The van der Waals surface area contributed by atoms with Gasteiger partial charge >= 0.3 is 0 Å². The molecule has 3 amide bonds. The maximum Gasteiger partial charge on any atom is 0.281 e. The van der Waals surface area contributed by atoms with E-state index in [9.17, 15) is 14.4 Å². The number of fused-ring (bicyclic) bond motifs is 1. The van der Waals surface area contributed by atoms with Crippen LogP contribution in [0.15, 0.2) is 18.3 Å². The number of hydrogen-bond donors (Lipinski definition) is 1. The van der Waals surface area contributed by atoms with Gasteiger partial charge in [0.25, 0.3) is 11.8 Å². The Kier molecular flexibility index (Phi) is 2.88. The van der Waals surface area contributed by atoms with Crippen LogP contribution in [0, 0.1) is 5.92 Å². The molecule has 2 heterocycles. The molecule has 1 unspecified atom stereocenters. The Labute approximate surface area is 110 Å². The number of hydrogen-bond acceptors (Lipinski definition) is 4. The SMILES string of the molecule is CC(C)C(C)(C(N)=O)N1C(=O)c2cccnc2C1=O. The van der Waals surface area contributed by atoms with Crippen molar-refractivity contribution in [1.82, 2.24) is 9.88 Å². The Hall–Kier alpha value is -2.24. The van der Waals surface area contributed by atoms with E-state index in [0.29, 0.717) is 0 Å². The highest BCUT2D eigenvalue weighted by molar-refractivity contribution is 6.22. The van der Waals surface area contributed by atoms with Crippen molar-refractivity contribution in [3.05, 3.63) is 29.6 Å². The molecule has 2 rings (SSSR count). The van der Waals surface area contributed by atoms with Gasteiger partial charge in [-0.15, -0.1) is 0 Å². The second-order valence-electron chi connectivity index (χ2n) is 5.01. The Morgan fingerprint density at radius 3 is 2.47 bits per heavy atom. The molecule has 0 aliphatic carbocycles. The van der Waals surface area contributed by atoms with Gasteiger partial charge in [0, 0.05) is 6.20 Å². The number of pyridine rings is 1. The molecule has 1 aliphatic rings. The van der Waals surface area contributed by atoms with E-state index in [4.69, 9.17) is 5.73 Å². The van der Waals surface area contributed by atoms with Crippen LogP contribution in [0.25, 0.3) is 0 Å². The summed E-state index contributed by atoms with van der Waals surface area (Å²) in [6, 6.07) is 3.09. The zero-order valence-electron chi connectivity index (χ0n) is 11.0. The van der Waals surface area contributed by atoms with Gasteiger partial charge in [0.1, 0.15) is 11.2 Å². The highest BCUT2D eigenvalue weighted by atomic mass is 16.2. The number of nitrogens with two attached hydrogens (primary N) is 1. The van der Waals surface area contributed by atoms with Crippen molar-refractivity contribution in [3.8, 4) is 0 Å². The van der Waals surface area contributed by atoms with Crippen LogP contribution in [0.1, 0.15) is 41.6 Å². The van der Waals surface area contributed by atoms with Gasteiger partial charge in [-0.2, -0.15) is 0 Å². The molecule has 19 heavy (non-hydrogen) atoms. The molecule has 0 spiro atoms. The van der Waals surface area contributed by atoms with Crippen LogP contribution in [0.4, 0.5) is 0 Å². The lowest BCUT2D eigenvalue weighted by Gasteiger charge is -2.37. The molecule has 0 saturated carbocycles. The molecule has 6 nitrogen and oxygen atoms in total. The van der Waals surface area contributed by atoms with Crippen LogP contribution in [-0.2, 0) is 4.79 Å². The van der Waals surface area contributed by atoms with Crippen LogP contribution in [0.2, 0.25) is 0 Å². The molecule has 100 valence electrons. The summed E-state index contributed by atoms with van der Waals surface area (Å²) in [5.74, 6) is -2.11. The predicted octanol–water partition coefficient (Wildman–Crippen LogP) is 0.578. The maximum absolute atomic E-state index is 12.3. The fourth-order valence-corrected chi connectivity index (χ4v) is 2.14. The summed E-state index contributed by atoms with van der Waals surface area (Å²) in [4.78, 5) is 41.2. The lowest BCUT2D eigenvalue weighted by molar-refractivity contribution is -0.129. The Balaban J connectivity index is 2.58. The van der Waals surface area contributed by atoms with Gasteiger partial charge in [0.15, 0.2) is 0 Å². The summed E-state index contributed by atoms with van der Waals surface area (Å²) in [6.07, 6.45) is 1.44. The van der Waals surface area contributed by atoms with Gasteiger partial charge in [0.05, 0.1) is 5.56 Å². The Morgan fingerprint density at radius 1 is 1.37 bits per heavy atom. The molecule has 1 aromatic heterocycles. The molecule has 1 aliphatic heterocycles. The smallest absolute Gasteiger partial charge is 0.281 e. The van der Waals surface area contributed by atoms with E-state index >= 15 is 0 Å². The number of carbonyl (C=O) groups excluding carboxylic acids is 3. The number of nitrogens with zero attached hydrogens (tertiary/aromatic N) is 2. The first-order valence-electron chi connectivity index (χ1n) is 5.95. The van der Waals surface area contributed by atoms with Crippen LogP contribution < -0.4 is 5.73 Å². The van der Waals surface area contributed by atoms with Gasteiger partial charge in [-0.1, -0.05) is 13.8 Å². The molecule has 0 saturated heterocycles. The van der Waals surface area contributed by atoms with E-state index in [2.05, 4.69) is 4.98 Å². The number of primary amides is 1. The lowest BCUT2D eigenvalue weighted by atomic mass is 9.86.